The van der Waals surface area contributed by atoms with Gasteiger partial charge < -0.3 is 0 Å². The molecule has 0 aromatic carbocycles. The zero-order valence-corrected chi connectivity index (χ0v) is 12.8. The first kappa shape index (κ1) is 18.7. The largest absolute Gasteiger partial charge is 0.255 e. The second kappa shape index (κ2) is 9.59. The fourth-order valence-corrected chi connectivity index (χ4v) is 2.02. The maximum Gasteiger partial charge on any atom is 0.239 e. The van der Waals surface area contributed by atoms with Crippen LogP contribution in [0.2, 0.25) is 0 Å². The molecule has 116 valence electrons. The van der Waals surface area contributed by atoms with Crippen LogP contribution in [-0.2, 0) is 0 Å². The predicted molar refractivity (Wildman–Crippen MR) is 74.0 cm³/mol. The number of alkyl halides is 3. The molecule has 3 atom stereocenters. The lowest BCUT2D eigenvalue weighted by atomic mass is 9.90. The van der Waals surface area contributed by atoms with Crippen molar-refractivity contribution in [1.29, 1.82) is 0 Å². The van der Waals surface area contributed by atoms with Crippen molar-refractivity contribution in [2.45, 2.75) is 65.6 Å². The third-order valence-electron chi connectivity index (χ3n) is 3.79. The van der Waals surface area contributed by atoms with E-state index in [2.05, 4.69) is 19.3 Å². The molecular formula is C14H29F3N2. The molecule has 5 heteroatoms. The van der Waals surface area contributed by atoms with Crippen LogP contribution in [0.25, 0.3) is 0 Å². The van der Waals surface area contributed by atoms with Crippen LogP contribution >= 0.6 is 0 Å². The Morgan fingerprint density at radius 3 is 2.11 bits per heavy atom. The van der Waals surface area contributed by atoms with Gasteiger partial charge in [-0.05, 0) is 24.7 Å². The summed E-state index contributed by atoms with van der Waals surface area (Å²) in [6, 6.07) is -0.265. The molecule has 1 unspecified atom stereocenters. The van der Waals surface area contributed by atoms with Gasteiger partial charge in [0.05, 0.1) is 6.04 Å². The van der Waals surface area contributed by atoms with Crippen molar-refractivity contribution < 1.29 is 13.2 Å². The Bertz CT molecular complexity index is 225. The van der Waals surface area contributed by atoms with Crippen LogP contribution in [0, 0.1) is 11.8 Å². The van der Waals surface area contributed by atoms with Crippen LogP contribution in [0.1, 0.15) is 47.0 Å². The van der Waals surface area contributed by atoms with Gasteiger partial charge in [0.1, 0.15) is 6.17 Å². The van der Waals surface area contributed by atoms with Crippen LogP contribution in [0.5, 0.6) is 0 Å². The van der Waals surface area contributed by atoms with Gasteiger partial charge >= 0.3 is 0 Å². The average molecular weight is 282 g/mol. The van der Waals surface area contributed by atoms with Gasteiger partial charge in [-0.3, -0.25) is 5.43 Å². The SMILES string of the molecule is CC[C@@H](C(F)C[C@H](C)C(C)C)N(C)NCCC(F)F. The molecule has 0 aliphatic carbocycles. The highest BCUT2D eigenvalue weighted by molar-refractivity contribution is 4.77. The van der Waals surface area contributed by atoms with Crippen molar-refractivity contribution in [3.63, 3.8) is 0 Å². The van der Waals surface area contributed by atoms with Crippen molar-refractivity contribution in [1.82, 2.24) is 10.4 Å². The first-order valence-electron chi connectivity index (χ1n) is 7.18. The molecule has 0 aliphatic heterocycles. The fourth-order valence-electron chi connectivity index (χ4n) is 2.02. The highest BCUT2D eigenvalue weighted by Gasteiger charge is 2.26. The molecule has 0 bridgehead atoms. The smallest absolute Gasteiger partial charge is 0.239 e. The topological polar surface area (TPSA) is 15.3 Å². The molecule has 2 nitrogen and oxygen atoms in total. The minimum absolute atomic E-state index is 0.178. The minimum Gasteiger partial charge on any atom is -0.255 e. The van der Waals surface area contributed by atoms with E-state index in [-0.39, 0.29) is 19.0 Å². The minimum atomic E-state index is -2.32. The van der Waals surface area contributed by atoms with Crippen LogP contribution in [-0.4, -0.2) is 37.2 Å². The van der Waals surface area contributed by atoms with E-state index in [1.807, 2.05) is 13.8 Å². The van der Waals surface area contributed by atoms with E-state index in [9.17, 15) is 13.2 Å². The molecule has 0 fully saturated rings. The fraction of sp³-hybridized carbons (Fsp3) is 1.00. The summed E-state index contributed by atoms with van der Waals surface area (Å²) in [5, 5.41) is 1.65. The molecule has 0 rings (SSSR count). The lowest BCUT2D eigenvalue weighted by Crippen LogP contribution is -2.48. The maximum absolute atomic E-state index is 14.3. The number of hydrazine groups is 1. The Labute approximate surface area is 115 Å². The van der Waals surface area contributed by atoms with E-state index >= 15 is 0 Å². The Hall–Kier alpha value is -0.290. The Kier molecular flexibility index (Phi) is 9.44. The molecule has 0 radical (unpaired) electrons. The highest BCUT2D eigenvalue weighted by Crippen LogP contribution is 2.22. The molecule has 1 N–H and O–H groups in total. The number of nitrogens with one attached hydrogen (secondary N) is 1. The Morgan fingerprint density at radius 2 is 1.68 bits per heavy atom. The standard InChI is InChI=1S/C14H29F3N2/c1-6-13(12(15)9-11(4)10(2)3)19(5)18-8-7-14(16)17/h10-14,18H,6-9H2,1-5H3/t11-,12?,13-/m0/s1. The van der Waals surface area contributed by atoms with E-state index in [0.29, 0.717) is 24.7 Å². The molecular weight excluding hydrogens is 253 g/mol. The Morgan fingerprint density at radius 1 is 1.11 bits per heavy atom. The first-order valence-corrected chi connectivity index (χ1v) is 7.18. The number of rotatable bonds is 10. The van der Waals surface area contributed by atoms with Crippen LogP contribution < -0.4 is 5.43 Å². The van der Waals surface area contributed by atoms with Crippen LogP contribution in [0.3, 0.4) is 0 Å². The lowest BCUT2D eigenvalue weighted by Gasteiger charge is -2.32. The number of hydrogen-bond donors (Lipinski definition) is 1. The summed E-state index contributed by atoms with van der Waals surface area (Å²) in [4.78, 5) is 0. The number of hydrogen-bond acceptors (Lipinski definition) is 2. The highest BCUT2D eigenvalue weighted by atomic mass is 19.3. The lowest BCUT2D eigenvalue weighted by molar-refractivity contribution is 0.0593. The van der Waals surface area contributed by atoms with Gasteiger partial charge in [0.25, 0.3) is 0 Å². The zero-order chi connectivity index (χ0) is 15.0. The summed E-state index contributed by atoms with van der Waals surface area (Å²) in [5.74, 6) is 0.770. The van der Waals surface area contributed by atoms with Gasteiger partial charge in [-0.25, -0.2) is 18.2 Å². The molecule has 19 heavy (non-hydrogen) atoms. The second-order valence-electron chi connectivity index (χ2n) is 5.65. The molecule has 0 saturated heterocycles. The average Bonchev–Trinajstić information content (AvgIpc) is 2.28. The quantitative estimate of drug-likeness (QED) is 0.612. The summed E-state index contributed by atoms with van der Waals surface area (Å²) in [6.07, 6.45) is -2.30. The molecule has 0 spiro atoms. The van der Waals surface area contributed by atoms with E-state index in [1.54, 1.807) is 12.1 Å². The summed E-state index contributed by atoms with van der Waals surface area (Å²) in [7, 11) is 1.73. The van der Waals surface area contributed by atoms with E-state index in [4.69, 9.17) is 0 Å². The summed E-state index contributed by atoms with van der Waals surface area (Å²) in [6.45, 7) is 8.32. The van der Waals surface area contributed by atoms with Gasteiger partial charge in [-0.15, -0.1) is 0 Å². The van der Waals surface area contributed by atoms with E-state index in [0.717, 1.165) is 0 Å². The molecule has 0 aromatic heterocycles. The monoisotopic (exact) mass is 282 g/mol. The predicted octanol–water partition coefficient (Wildman–Crippen LogP) is 3.88. The Balaban J connectivity index is 4.22. The van der Waals surface area contributed by atoms with Gasteiger partial charge in [0.2, 0.25) is 6.43 Å². The molecule has 0 saturated carbocycles. The van der Waals surface area contributed by atoms with Gasteiger partial charge in [-0.1, -0.05) is 27.7 Å². The van der Waals surface area contributed by atoms with E-state index < -0.39 is 12.6 Å². The molecule has 0 aromatic rings. The second-order valence-corrected chi connectivity index (χ2v) is 5.65. The zero-order valence-electron chi connectivity index (χ0n) is 12.8. The number of nitrogens with zero attached hydrogens (tertiary/aromatic N) is 1. The van der Waals surface area contributed by atoms with Crippen LogP contribution in [0.15, 0.2) is 0 Å². The first-order chi connectivity index (χ1) is 8.79. The number of halogens is 3. The summed E-state index contributed by atoms with van der Waals surface area (Å²) in [5.41, 5.74) is 2.86. The van der Waals surface area contributed by atoms with Crippen molar-refractivity contribution in [2.75, 3.05) is 13.6 Å². The molecule has 0 heterocycles. The van der Waals surface area contributed by atoms with Crippen molar-refractivity contribution in [3.8, 4) is 0 Å². The van der Waals surface area contributed by atoms with Gasteiger partial charge in [0, 0.05) is 20.0 Å². The van der Waals surface area contributed by atoms with E-state index in [1.165, 1.54) is 0 Å². The van der Waals surface area contributed by atoms with Crippen molar-refractivity contribution >= 4 is 0 Å². The normalized spacial score (nSPS) is 17.2. The summed E-state index contributed by atoms with van der Waals surface area (Å²) < 4.78 is 38.4. The van der Waals surface area contributed by atoms with Crippen molar-refractivity contribution in [3.05, 3.63) is 0 Å². The molecule has 0 amide bonds. The summed E-state index contributed by atoms with van der Waals surface area (Å²) >= 11 is 0. The molecule has 0 aliphatic rings. The third-order valence-corrected chi connectivity index (χ3v) is 3.79. The third kappa shape index (κ3) is 7.78. The van der Waals surface area contributed by atoms with Crippen LogP contribution in [0.4, 0.5) is 13.2 Å². The maximum atomic E-state index is 14.3. The van der Waals surface area contributed by atoms with Gasteiger partial charge in [0.15, 0.2) is 0 Å². The van der Waals surface area contributed by atoms with Crippen molar-refractivity contribution in [2.24, 2.45) is 11.8 Å². The van der Waals surface area contributed by atoms with Gasteiger partial charge in [-0.2, -0.15) is 0 Å².